The van der Waals surface area contributed by atoms with E-state index in [0.717, 1.165) is 25.3 Å². The van der Waals surface area contributed by atoms with Gasteiger partial charge in [0.05, 0.1) is 0 Å². The van der Waals surface area contributed by atoms with Gasteiger partial charge < -0.3 is 15.1 Å². The van der Waals surface area contributed by atoms with E-state index in [4.69, 9.17) is 19.8 Å². The van der Waals surface area contributed by atoms with E-state index < -0.39 is 11.9 Å². The monoisotopic (exact) mass is 341 g/mol. The van der Waals surface area contributed by atoms with Crippen LogP contribution in [0.5, 0.6) is 0 Å². The maximum absolute atomic E-state index is 12.0. The molecule has 0 radical (unpaired) electrons. The topological polar surface area (TPSA) is 122 Å². The Hall–Kier alpha value is -2.42. The predicted octanol–water partition coefficient (Wildman–Crippen LogP) is -0.503. The minimum atomic E-state index is -1.82. The summed E-state index contributed by atoms with van der Waals surface area (Å²) in [5.74, 6) is -3.65. The van der Waals surface area contributed by atoms with Crippen molar-refractivity contribution in [3.63, 3.8) is 0 Å². The molecule has 9 heteroatoms. The van der Waals surface area contributed by atoms with Gasteiger partial charge in [0, 0.05) is 31.9 Å². The zero-order valence-corrected chi connectivity index (χ0v) is 13.9. The molecule has 2 rings (SSSR count). The molecule has 0 aromatic carbocycles. The molecule has 0 spiro atoms. The molecule has 1 aliphatic rings. The number of piperidine rings is 1. The van der Waals surface area contributed by atoms with Crippen LogP contribution in [0.15, 0.2) is 15.7 Å². The predicted molar refractivity (Wildman–Crippen MR) is 86.2 cm³/mol. The summed E-state index contributed by atoms with van der Waals surface area (Å²) in [5, 5.41) is 14.8. The van der Waals surface area contributed by atoms with Crippen LogP contribution in [0.4, 0.5) is 0 Å². The van der Waals surface area contributed by atoms with Crippen molar-refractivity contribution in [2.45, 2.75) is 32.7 Å². The van der Waals surface area contributed by atoms with E-state index in [9.17, 15) is 9.59 Å². The Kier molecular flexibility index (Phi) is 7.37. The summed E-state index contributed by atoms with van der Waals surface area (Å²) < 4.78 is 2.86. The summed E-state index contributed by atoms with van der Waals surface area (Å²) in [6, 6.07) is 1.53. The number of rotatable bonds is 3. The van der Waals surface area contributed by atoms with Gasteiger partial charge in [0.15, 0.2) is 0 Å². The second-order valence-corrected chi connectivity index (χ2v) is 5.63. The molecule has 2 N–H and O–H groups in total. The van der Waals surface area contributed by atoms with Gasteiger partial charge in [-0.3, -0.25) is 13.9 Å². The van der Waals surface area contributed by atoms with Crippen LogP contribution in [-0.2, 0) is 23.2 Å². The first kappa shape index (κ1) is 19.6. The van der Waals surface area contributed by atoms with Crippen LogP contribution in [0.3, 0.4) is 0 Å². The maximum Gasteiger partial charge on any atom is 0.414 e. The highest BCUT2D eigenvalue weighted by molar-refractivity contribution is 6.27. The Labute approximate surface area is 138 Å². The summed E-state index contributed by atoms with van der Waals surface area (Å²) in [4.78, 5) is 44.0. The molecule has 1 aliphatic heterocycles. The zero-order chi connectivity index (χ0) is 18.3. The fourth-order valence-corrected chi connectivity index (χ4v) is 2.48. The number of aliphatic carboxylic acids is 2. The summed E-state index contributed by atoms with van der Waals surface area (Å²) in [6.07, 6.45) is 3.82. The van der Waals surface area contributed by atoms with E-state index in [-0.39, 0.29) is 11.2 Å². The van der Waals surface area contributed by atoms with Gasteiger partial charge in [-0.05, 0) is 32.9 Å². The molecule has 1 saturated heterocycles. The van der Waals surface area contributed by atoms with E-state index in [0.29, 0.717) is 6.54 Å². The lowest BCUT2D eigenvalue weighted by atomic mass is 10.1. The number of hydrogen-bond donors (Lipinski definition) is 2. The summed E-state index contributed by atoms with van der Waals surface area (Å²) in [7, 11) is 1.53. The number of carboxylic acids is 2. The largest absolute Gasteiger partial charge is 0.473 e. The molecule has 0 amide bonds. The zero-order valence-electron chi connectivity index (χ0n) is 13.9. The highest BCUT2D eigenvalue weighted by atomic mass is 16.4. The molecule has 2 heterocycles. The normalized spacial score (nSPS) is 14.6. The van der Waals surface area contributed by atoms with Gasteiger partial charge in [-0.2, -0.15) is 0 Å². The first-order valence-corrected chi connectivity index (χ1v) is 7.70. The van der Waals surface area contributed by atoms with E-state index in [2.05, 4.69) is 4.90 Å². The van der Waals surface area contributed by atoms with Crippen LogP contribution >= 0.6 is 0 Å². The fourth-order valence-electron chi connectivity index (χ4n) is 2.48. The maximum atomic E-state index is 12.0. The van der Waals surface area contributed by atoms with E-state index in [1.165, 1.54) is 36.9 Å². The van der Waals surface area contributed by atoms with Crippen molar-refractivity contribution in [1.29, 1.82) is 0 Å². The molecule has 1 aromatic heterocycles. The second-order valence-electron chi connectivity index (χ2n) is 5.63. The molecule has 0 saturated carbocycles. The third kappa shape index (κ3) is 5.65. The number of carbonyl (C=O) groups is 2. The van der Waals surface area contributed by atoms with Crippen molar-refractivity contribution in [2.75, 3.05) is 19.6 Å². The Morgan fingerprint density at radius 3 is 2.08 bits per heavy atom. The molecule has 0 aliphatic carbocycles. The minimum Gasteiger partial charge on any atom is -0.473 e. The molecule has 0 atom stereocenters. The van der Waals surface area contributed by atoms with Crippen LogP contribution in [0.25, 0.3) is 0 Å². The molecule has 24 heavy (non-hydrogen) atoms. The highest BCUT2D eigenvalue weighted by Gasteiger charge is 2.11. The van der Waals surface area contributed by atoms with Crippen LogP contribution in [0, 0.1) is 6.92 Å². The standard InChI is InChI=1S/C13H21N3O2.C2H2O4/c1-11-10-12(17)14(2)13(18)16(11)9-8-15-6-4-3-5-7-15;3-1(4)2(5)6/h10H,3-9H2,1-2H3;(H,3,4)(H,5,6). The quantitative estimate of drug-likeness (QED) is 0.711. The van der Waals surface area contributed by atoms with Gasteiger partial charge in [-0.15, -0.1) is 0 Å². The Bertz CT molecular complexity index is 688. The van der Waals surface area contributed by atoms with Gasteiger partial charge in [0.2, 0.25) is 0 Å². The van der Waals surface area contributed by atoms with E-state index >= 15 is 0 Å². The smallest absolute Gasteiger partial charge is 0.414 e. The number of hydrogen-bond acceptors (Lipinski definition) is 5. The van der Waals surface area contributed by atoms with Gasteiger partial charge in [0.1, 0.15) is 0 Å². The fraction of sp³-hybridized carbons (Fsp3) is 0.600. The van der Waals surface area contributed by atoms with Crippen molar-refractivity contribution >= 4 is 11.9 Å². The molecule has 1 aromatic rings. The first-order chi connectivity index (χ1) is 11.2. The van der Waals surface area contributed by atoms with Gasteiger partial charge >= 0.3 is 17.6 Å². The number of likely N-dealkylation sites (tertiary alicyclic amines) is 1. The van der Waals surface area contributed by atoms with Crippen molar-refractivity contribution < 1.29 is 19.8 Å². The molecule has 134 valence electrons. The molecular weight excluding hydrogens is 318 g/mol. The first-order valence-electron chi connectivity index (χ1n) is 7.70. The minimum absolute atomic E-state index is 0.211. The number of aryl methyl sites for hydroxylation is 1. The Morgan fingerprint density at radius 1 is 1.04 bits per heavy atom. The number of nitrogens with zero attached hydrogens (tertiary/aromatic N) is 3. The molecule has 0 bridgehead atoms. The van der Waals surface area contributed by atoms with Crippen LogP contribution in [0.2, 0.25) is 0 Å². The second kappa shape index (κ2) is 9.02. The molecule has 1 fully saturated rings. The third-order valence-corrected chi connectivity index (χ3v) is 3.88. The SMILES string of the molecule is Cc1cc(=O)n(C)c(=O)n1CCN1CCCCC1.O=C(O)C(=O)O. The summed E-state index contributed by atoms with van der Waals surface area (Å²) in [5.41, 5.74) is 0.309. The third-order valence-electron chi connectivity index (χ3n) is 3.88. The van der Waals surface area contributed by atoms with E-state index in [1.54, 1.807) is 4.57 Å². The van der Waals surface area contributed by atoms with Crippen molar-refractivity contribution in [1.82, 2.24) is 14.0 Å². The lowest BCUT2D eigenvalue weighted by molar-refractivity contribution is -0.159. The van der Waals surface area contributed by atoms with E-state index in [1.807, 2.05) is 6.92 Å². The Balaban J connectivity index is 0.000000413. The number of aromatic nitrogens is 2. The van der Waals surface area contributed by atoms with Crippen molar-refractivity contribution in [2.24, 2.45) is 7.05 Å². The molecule has 9 nitrogen and oxygen atoms in total. The van der Waals surface area contributed by atoms with Crippen molar-refractivity contribution in [3.8, 4) is 0 Å². The van der Waals surface area contributed by atoms with Crippen LogP contribution < -0.4 is 11.2 Å². The average Bonchev–Trinajstić information content (AvgIpc) is 2.54. The highest BCUT2D eigenvalue weighted by Crippen LogP contribution is 2.08. The van der Waals surface area contributed by atoms with Crippen LogP contribution in [0.1, 0.15) is 25.0 Å². The Morgan fingerprint density at radius 2 is 1.58 bits per heavy atom. The summed E-state index contributed by atoms with van der Waals surface area (Å²) in [6.45, 7) is 5.62. The van der Waals surface area contributed by atoms with Gasteiger partial charge in [-0.1, -0.05) is 6.42 Å². The summed E-state index contributed by atoms with van der Waals surface area (Å²) >= 11 is 0. The lowest BCUT2D eigenvalue weighted by Gasteiger charge is -2.26. The number of carboxylic acid groups (broad SMARTS) is 2. The lowest BCUT2D eigenvalue weighted by Crippen LogP contribution is -2.41. The van der Waals surface area contributed by atoms with Gasteiger partial charge in [-0.25, -0.2) is 14.4 Å². The molecular formula is C15H23N3O6. The van der Waals surface area contributed by atoms with Crippen molar-refractivity contribution in [3.05, 3.63) is 32.6 Å². The molecule has 0 unspecified atom stereocenters. The average molecular weight is 341 g/mol. The van der Waals surface area contributed by atoms with Gasteiger partial charge in [0.25, 0.3) is 5.56 Å². The van der Waals surface area contributed by atoms with Crippen LogP contribution in [-0.4, -0.2) is 55.8 Å².